The van der Waals surface area contributed by atoms with Crippen LogP contribution in [0.2, 0.25) is 0 Å². The van der Waals surface area contributed by atoms with E-state index in [1.54, 1.807) is 19.6 Å². The van der Waals surface area contributed by atoms with Crippen LogP contribution in [0.1, 0.15) is 18.9 Å². The first-order valence-corrected chi connectivity index (χ1v) is 6.32. The first-order chi connectivity index (χ1) is 9.27. The van der Waals surface area contributed by atoms with Gasteiger partial charge in [0.1, 0.15) is 29.3 Å². The number of pyridine rings is 1. The molecule has 19 heavy (non-hydrogen) atoms. The maximum absolute atomic E-state index is 5.33. The fourth-order valence-corrected chi connectivity index (χ4v) is 1.84. The highest BCUT2D eigenvalue weighted by Gasteiger charge is 2.13. The molecule has 0 aliphatic carbocycles. The first-order valence-electron chi connectivity index (χ1n) is 6.32. The summed E-state index contributed by atoms with van der Waals surface area (Å²) in [6.45, 7) is 4.99. The molecule has 0 radical (unpaired) electrons. The summed E-state index contributed by atoms with van der Waals surface area (Å²) in [6.07, 6.45) is 4.33. The second kappa shape index (κ2) is 6.13. The van der Waals surface area contributed by atoms with E-state index in [9.17, 15) is 0 Å². The van der Waals surface area contributed by atoms with E-state index in [2.05, 4.69) is 27.2 Å². The third-order valence-electron chi connectivity index (χ3n) is 2.84. The fraction of sp³-hybridized carbons (Fsp3) is 0.357. The molecule has 5 heteroatoms. The van der Waals surface area contributed by atoms with E-state index in [1.807, 2.05) is 19.1 Å². The summed E-state index contributed by atoms with van der Waals surface area (Å²) in [5.74, 6) is 1.56. The van der Waals surface area contributed by atoms with Crippen molar-refractivity contribution >= 4 is 5.82 Å². The van der Waals surface area contributed by atoms with Gasteiger partial charge in [0.25, 0.3) is 0 Å². The molecule has 5 nitrogen and oxygen atoms in total. The summed E-state index contributed by atoms with van der Waals surface area (Å²) in [7, 11) is 1.63. The molecule has 1 N–H and O–H groups in total. The molecule has 2 aromatic rings. The Morgan fingerprint density at radius 3 is 2.79 bits per heavy atom. The Bertz CT molecular complexity index is 557. The lowest BCUT2D eigenvalue weighted by Gasteiger charge is -2.12. The summed E-state index contributed by atoms with van der Waals surface area (Å²) in [5.41, 5.74) is 2.52. The molecule has 0 saturated heterocycles. The lowest BCUT2D eigenvalue weighted by Crippen LogP contribution is -2.06. The molecule has 2 heterocycles. The predicted molar refractivity (Wildman–Crippen MR) is 75.3 cm³/mol. The van der Waals surface area contributed by atoms with Crippen LogP contribution in [0.5, 0.6) is 5.75 Å². The van der Waals surface area contributed by atoms with Gasteiger partial charge in [-0.15, -0.1) is 0 Å². The zero-order chi connectivity index (χ0) is 13.7. The molecule has 0 unspecified atom stereocenters. The Kier molecular flexibility index (Phi) is 4.28. The predicted octanol–water partition coefficient (Wildman–Crippen LogP) is 2.68. The fourth-order valence-electron chi connectivity index (χ4n) is 1.84. The van der Waals surface area contributed by atoms with Crippen molar-refractivity contribution in [1.29, 1.82) is 0 Å². The van der Waals surface area contributed by atoms with Crippen molar-refractivity contribution in [2.45, 2.75) is 20.3 Å². The van der Waals surface area contributed by atoms with Gasteiger partial charge in [0, 0.05) is 18.3 Å². The Labute approximate surface area is 113 Å². The van der Waals surface area contributed by atoms with Crippen molar-refractivity contribution in [2.24, 2.45) is 0 Å². The molecule has 0 bridgehead atoms. The van der Waals surface area contributed by atoms with E-state index in [4.69, 9.17) is 4.74 Å². The van der Waals surface area contributed by atoms with Crippen molar-refractivity contribution in [3.05, 3.63) is 30.2 Å². The number of rotatable bonds is 5. The number of anilines is 1. The molecular formula is C14H18N4O. The van der Waals surface area contributed by atoms with Crippen LogP contribution in [-0.2, 0) is 0 Å². The molecule has 100 valence electrons. The number of aromatic nitrogens is 3. The van der Waals surface area contributed by atoms with Gasteiger partial charge in [0.2, 0.25) is 0 Å². The smallest absolute Gasteiger partial charge is 0.146 e. The van der Waals surface area contributed by atoms with Crippen LogP contribution >= 0.6 is 0 Å². The number of hydrogen-bond acceptors (Lipinski definition) is 5. The van der Waals surface area contributed by atoms with E-state index >= 15 is 0 Å². The van der Waals surface area contributed by atoms with Crippen molar-refractivity contribution in [2.75, 3.05) is 19.0 Å². The van der Waals surface area contributed by atoms with Gasteiger partial charge in [-0.3, -0.25) is 4.98 Å². The number of ether oxygens (including phenoxy) is 1. The molecule has 2 rings (SSSR count). The largest absolute Gasteiger partial charge is 0.494 e. The second-order valence-corrected chi connectivity index (χ2v) is 4.18. The van der Waals surface area contributed by atoms with Gasteiger partial charge in [-0.1, -0.05) is 6.92 Å². The quantitative estimate of drug-likeness (QED) is 0.893. The van der Waals surface area contributed by atoms with Crippen LogP contribution < -0.4 is 10.1 Å². The molecular weight excluding hydrogens is 240 g/mol. The summed E-state index contributed by atoms with van der Waals surface area (Å²) in [5, 5.41) is 3.29. The van der Waals surface area contributed by atoms with Gasteiger partial charge < -0.3 is 10.1 Å². The minimum atomic E-state index is 0.714. The molecule has 0 fully saturated rings. The minimum absolute atomic E-state index is 0.714. The van der Waals surface area contributed by atoms with Gasteiger partial charge in [-0.25, -0.2) is 9.97 Å². The lowest BCUT2D eigenvalue weighted by atomic mass is 10.1. The molecule has 2 aromatic heterocycles. The van der Waals surface area contributed by atoms with Crippen LogP contribution in [0.3, 0.4) is 0 Å². The first kappa shape index (κ1) is 13.3. The summed E-state index contributed by atoms with van der Waals surface area (Å²) < 4.78 is 5.33. The Morgan fingerprint density at radius 2 is 2.05 bits per heavy atom. The number of nitrogens with one attached hydrogen (secondary N) is 1. The average molecular weight is 258 g/mol. The van der Waals surface area contributed by atoms with E-state index in [-0.39, 0.29) is 0 Å². The highest BCUT2D eigenvalue weighted by Crippen LogP contribution is 2.29. The molecule has 0 spiro atoms. The molecule has 0 aromatic carbocycles. The van der Waals surface area contributed by atoms with Crippen molar-refractivity contribution in [3.8, 4) is 17.1 Å². The third kappa shape index (κ3) is 2.81. The Hall–Kier alpha value is -2.17. The summed E-state index contributed by atoms with van der Waals surface area (Å²) >= 11 is 0. The van der Waals surface area contributed by atoms with Crippen LogP contribution in [0.25, 0.3) is 11.4 Å². The normalized spacial score (nSPS) is 10.3. The maximum Gasteiger partial charge on any atom is 0.146 e. The minimum Gasteiger partial charge on any atom is -0.494 e. The van der Waals surface area contributed by atoms with Gasteiger partial charge in [0.15, 0.2) is 0 Å². The summed E-state index contributed by atoms with van der Waals surface area (Å²) in [4.78, 5) is 13.0. The van der Waals surface area contributed by atoms with Gasteiger partial charge in [0.05, 0.1) is 7.11 Å². The zero-order valence-electron chi connectivity index (χ0n) is 11.5. The molecule has 0 amide bonds. The highest BCUT2D eigenvalue weighted by molar-refractivity contribution is 5.69. The SMILES string of the molecule is CCCNc1ncnc(-c2ncccc2OC)c1C. The zero-order valence-corrected chi connectivity index (χ0v) is 11.5. The monoisotopic (exact) mass is 258 g/mol. The van der Waals surface area contributed by atoms with Gasteiger partial charge >= 0.3 is 0 Å². The van der Waals surface area contributed by atoms with E-state index in [0.717, 1.165) is 35.7 Å². The van der Waals surface area contributed by atoms with Crippen LogP contribution in [0.15, 0.2) is 24.7 Å². The van der Waals surface area contributed by atoms with Crippen LogP contribution in [0, 0.1) is 6.92 Å². The standard InChI is InChI=1S/C14H18N4O/c1-4-7-16-14-10(2)12(17-9-18-14)13-11(19-3)6-5-8-15-13/h5-6,8-9H,4,7H2,1-3H3,(H,16,17,18). The average Bonchev–Trinajstić information content (AvgIpc) is 2.46. The third-order valence-corrected chi connectivity index (χ3v) is 2.84. The molecule has 0 aliphatic heterocycles. The lowest BCUT2D eigenvalue weighted by molar-refractivity contribution is 0.414. The van der Waals surface area contributed by atoms with Crippen LogP contribution in [-0.4, -0.2) is 28.6 Å². The molecule has 0 saturated carbocycles. The molecule has 0 atom stereocenters. The van der Waals surface area contributed by atoms with Crippen molar-refractivity contribution < 1.29 is 4.74 Å². The maximum atomic E-state index is 5.33. The highest BCUT2D eigenvalue weighted by atomic mass is 16.5. The Balaban J connectivity index is 2.44. The topological polar surface area (TPSA) is 59.9 Å². The van der Waals surface area contributed by atoms with E-state index < -0.39 is 0 Å². The van der Waals surface area contributed by atoms with Crippen LogP contribution in [0.4, 0.5) is 5.82 Å². The second-order valence-electron chi connectivity index (χ2n) is 4.18. The number of hydrogen-bond donors (Lipinski definition) is 1. The molecule has 0 aliphatic rings. The van der Waals surface area contributed by atoms with Crippen molar-refractivity contribution in [3.63, 3.8) is 0 Å². The van der Waals surface area contributed by atoms with Gasteiger partial charge in [-0.05, 0) is 25.5 Å². The van der Waals surface area contributed by atoms with E-state index in [0.29, 0.717) is 5.75 Å². The number of nitrogens with zero attached hydrogens (tertiary/aromatic N) is 3. The summed E-state index contributed by atoms with van der Waals surface area (Å²) in [6, 6.07) is 3.72. The van der Waals surface area contributed by atoms with Crippen molar-refractivity contribution in [1.82, 2.24) is 15.0 Å². The Morgan fingerprint density at radius 1 is 1.21 bits per heavy atom. The van der Waals surface area contributed by atoms with Gasteiger partial charge in [-0.2, -0.15) is 0 Å². The van der Waals surface area contributed by atoms with E-state index in [1.165, 1.54) is 0 Å². The number of methoxy groups -OCH3 is 1.